The molecule has 1 atom stereocenters. The summed E-state index contributed by atoms with van der Waals surface area (Å²) in [6.07, 6.45) is 6.33. The summed E-state index contributed by atoms with van der Waals surface area (Å²) in [5.74, 6) is 0.379. The number of nitrogens with zero attached hydrogens (tertiary/aromatic N) is 2. The number of rotatable bonds is 7. The van der Waals surface area contributed by atoms with Crippen LogP contribution in [0.5, 0.6) is 0 Å². The van der Waals surface area contributed by atoms with Crippen molar-refractivity contribution in [3.63, 3.8) is 0 Å². The number of ether oxygens (including phenoxy) is 1. The number of carbonyl (C=O) groups excluding carboxylic acids is 2. The summed E-state index contributed by atoms with van der Waals surface area (Å²) in [4.78, 5) is 35.9. The van der Waals surface area contributed by atoms with Gasteiger partial charge in [-0.25, -0.2) is 4.98 Å². The number of piperidine rings is 1. The zero-order chi connectivity index (χ0) is 22.4. The third-order valence-corrected chi connectivity index (χ3v) is 6.22. The van der Waals surface area contributed by atoms with Crippen LogP contribution >= 0.6 is 0 Å². The number of aromatic nitrogens is 2. The van der Waals surface area contributed by atoms with Crippen LogP contribution in [-0.2, 0) is 16.0 Å². The Morgan fingerprint density at radius 1 is 1.12 bits per heavy atom. The van der Waals surface area contributed by atoms with E-state index in [0.29, 0.717) is 37.5 Å². The van der Waals surface area contributed by atoms with E-state index in [4.69, 9.17) is 4.74 Å². The third-order valence-electron chi connectivity index (χ3n) is 6.22. The van der Waals surface area contributed by atoms with Gasteiger partial charge in [-0.15, -0.1) is 0 Å². The maximum absolute atomic E-state index is 13.6. The molecule has 0 radical (unpaired) electrons. The van der Waals surface area contributed by atoms with Crippen LogP contribution in [-0.4, -0.2) is 46.4 Å². The minimum absolute atomic E-state index is 0.0786. The number of benzene rings is 2. The van der Waals surface area contributed by atoms with E-state index < -0.39 is 5.41 Å². The standard InChI is InChI=1S/C26H29N3O3/c1-2-32-25(31)26(15-13-20-9-4-3-5-10-20)14-8-18-29(19-26)24(30)22-12-7-6-11-21(22)23-27-16-17-28-23/h3-7,9-12,16-17H,2,8,13-15,18-19H2,1H3,(H,27,28)/t26-/m1/s1. The Balaban J connectivity index is 1.59. The zero-order valence-electron chi connectivity index (χ0n) is 18.4. The number of nitrogens with one attached hydrogen (secondary N) is 1. The smallest absolute Gasteiger partial charge is 0.313 e. The Morgan fingerprint density at radius 3 is 2.66 bits per heavy atom. The van der Waals surface area contributed by atoms with Crippen LogP contribution in [0.25, 0.3) is 11.4 Å². The number of hydrogen-bond acceptors (Lipinski definition) is 4. The van der Waals surface area contributed by atoms with Gasteiger partial charge in [0.05, 0.1) is 17.6 Å². The van der Waals surface area contributed by atoms with Crippen LogP contribution in [0.2, 0.25) is 0 Å². The number of amides is 1. The summed E-state index contributed by atoms with van der Waals surface area (Å²) in [6.45, 7) is 3.15. The Hall–Kier alpha value is -3.41. The average Bonchev–Trinajstić information content (AvgIpc) is 3.38. The maximum Gasteiger partial charge on any atom is 0.313 e. The molecule has 6 heteroatoms. The fraction of sp³-hybridized carbons (Fsp3) is 0.346. The van der Waals surface area contributed by atoms with Crippen molar-refractivity contribution in [2.75, 3.05) is 19.7 Å². The van der Waals surface area contributed by atoms with Gasteiger partial charge in [0.1, 0.15) is 5.82 Å². The van der Waals surface area contributed by atoms with Gasteiger partial charge in [0.15, 0.2) is 0 Å². The Morgan fingerprint density at radius 2 is 1.91 bits per heavy atom. The highest BCUT2D eigenvalue weighted by molar-refractivity contribution is 6.00. The molecular weight excluding hydrogens is 402 g/mol. The first-order valence-corrected chi connectivity index (χ1v) is 11.2. The van der Waals surface area contributed by atoms with E-state index in [2.05, 4.69) is 22.1 Å². The normalized spacial score (nSPS) is 18.3. The number of aryl methyl sites for hydroxylation is 1. The first-order valence-electron chi connectivity index (χ1n) is 11.2. The highest BCUT2D eigenvalue weighted by Crippen LogP contribution is 2.37. The highest BCUT2D eigenvalue weighted by atomic mass is 16.5. The van der Waals surface area contributed by atoms with E-state index in [0.717, 1.165) is 24.8 Å². The second kappa shape index (κ2) is 9.81. The molecule has 32 heavy (non-hydrogen) atoms. The van der Waals surface area contributed by atoms with Crippen molar-refractivity contribution in [3.8, 4) is 11.4 Å². The largest absolute Gasteiger partial charge is 0.466 e. The fourth-order valence-corrected chi connectivity index (χ4v) is 4.55. The molecule has 0 unspecified atom stereocenters. The van der Waals surface area contributed by atoms with Crippen LogP contribution < -0.4 is 0 Å². The number of aromatic amines is 1. The van der Waals surface area contributed by atoms with Crippen molar-refractivity contribution >= 4 is 11.9 Å². The number of carbonyl (C=O) groups is 2. The molecule has 1 aliphatic heterocycles. The van der Waals surface area contributed by atoms with Gasteiger partial charge in [-0.3, -0.25) is 9.59 Å². The Labute approximate surface area is 188 Å². The molecular formula is C26H29N3O3. The molecule has 0 bridgehead atoms. The average molecular weight is 432 g/mol. The molecule has 0 spiro atoms. The summed E-state index contributed by atoms with van der Waals surface area (Å²) in [6, 6.07) is 17.6. The quantitative estimate of drug-likeness (QED) is 0.559. The second-order valence-corrected chi connectivity index (χ2v) is 8.30. The lowest BCUT2D eigenvalue weighted by molar-refractivity contribution is -0.159. The molecule has 6 nitrogen and oxygen atoms in total. The first-order chi connectivity index (χ1) is 15.6. The van der Waals surface area contributed by atoms with Crippen LogP contribution in [0.4, 0.5) is 0 Å². The van der Waals surface area contributed by atoms with Crippen molar-refractivity contribution in [2.45, 2.75) is 32.6 Å². The van der Waals surface area contributed by atoms with Gasteiger partial charge < -0.3 is 14.6 Å². The molecule has 0 aliphatic carbocycles. The monoisotopic (exact) mass is 431 g/mol. The Kier molecular flexibility index (Phi) is 6.69. The van der Waals surface area contributed by atoms with Crippen LogP contribution in [0, 0.1) is 5.41 Å². The van der Waals surface area contributed by atoms with Gasteiger partial charge in [-0.1, -0.05) is 48.5 Å². The molecule has 2 aromatic carbocycles. The number of esters is 1. The van der Waals surface area contributed by atoms with E-state index in [1.54, 1.807) is 12.4 Å². The molecule has 1 amide bonds. The third kappa shape index (κ3) is 4.59. The van der Waals surface area contributed by atoms with E-state index in [1.165, 1.54) is 5.56 Å². The molecule has 1 saturated heterocycles. The minimum Gasteiger partial charge on any atom is -0.466 e. The van der Waals surface area contributed by atoms with Gasteiger partial charge in [0, 0.05) is 31.0 Å². The summed E-state index contributed by atoms with van der Waals surface area (Å²) in [5, 5.41) is 0. The summed E-state index contributed by atoms with van der Waals surface area (Å²) in [5.41, 5.74) is 1.84. The lowest BCUT2D eigenvalue weighted by atomic mass is 9.75. The SMILES string of the molecule is CCOC(=O)[C@@]1(CCc2ccccc2)CCCN(C(=O)c2ccccc2-c2ncc[nH]2)C1. The molecule has 1 fully saturated rings. The molecule has 1 aliphatic rings. The van der Waals surface area contributed by atoms with Gasteiger partial charge in [0.25, 0.3) is 5.91 Å². The number of likely N-dealkylation sites (tertiary alicyclic amines) is 1. The molecule has 3 aromatic rings. The van der Waals surface area contributed by atoms with Crippen molar-refractivity contribution < 1.29 is 14.3 Å². The lowest BCUT2D eigenvalue weighted by Crippen LogP contribution is -2.50. The topological polar surface area (TPSA) is 75.3 Å². The van der Waals surface area contributed by atoms with Crippen LogP contribution in [0.1, 0.15) is 42.1 Å². The van der Waals surface area contributed by atoms with Gasteiger partial charge in [-0.2, -0.15) is 0 Å². The van der Waals surface area contributed by atoms with Crippen molar-refractivity contribution in [3.05, 3.63) is 78.1 Å². The minimum atomic E-state index is -0.695. The molecule has 0 saturated carbocycles. The lowest BCUT2D eigenvalue weighted by Gasteiger charge is -2.41. The van der Waals surface area contributed by atoms with E-state index in [1.807, 2.05) is 54.3 Å². The zero-order valence-corrected chi connectivity index (χ0v) is 18.4. The van der Waals surface area contributed by atoms with Crippen LogP contribution in [0.15, 0.2) is 67.0 Å². The van der Waals surface area contributed by atoms with E-state index in [-0.39, 0.29) is 11.9 Å². The second-order valence-electron chi connectivity index (χ2n) is 8.30. The van der Waals surface area contributed by atoms with Gasteiger partial charge in [0.2, 0.25) is 0 Å². The molecule has 4 rings (SSSR count). The first kappa shape index (κ1) is 21.8. The van der Waals surface area contributed by atoms with Gasteiger partial charge in [-0.05, 0) is 44.2 Å². The molecule has 1 aromatic heterocycles. The number of H-pyrrole nitrogens is 1. The summed E-state index contributed by atoms with van der Waals surface area (Å²) < 4.78 is 5.50. The summed E-state index contributed by atoms with van der Waals surface area (Å²) in [7, 11) is 0. The molecule has 166 valence electrons. The van der Waals surface area contributed by atoms with E-state index in [9.17, 15) is 9.59 Å². The molecule has 2 heterocycles. The predicted octanol–water partition coefficient (Wildman–Crippen LogP) is 4.50. The van der Waals surface area contributed by atoms with Gasteiger partial charge >= 0.3 is 5.97 Å². The maximum atomic E-state index is 13.6. The number of hydrogen-bond donors (Lipinski definition) is 1. The van der Waals surface area contributed by atoms with Crippen molar-refractivity contribution in [1.29, 1.82) is 0 Å². The predicted molar refractivity (Wildman–Crippen MR) is 123 cm³/mol. The van der Waals surface area contributed by atoms with Crippen molar-refractivity contribution in [2.24, 2.45) is 5.41 Å². The van der Waals surface area contributed by atoms with Crippen LogP contribution in [0.3, 0.4) is 0 Å². The fourth-order valence-electron chi connectivity index (χ4n) is 4.55. The number of imidazole rings is 1. The highest BCUT2D eigenvalue weighted by Gasteiger charge is 2.44. The van der Waals surface area contributed by atoms with E-state index >= 15 is 0 Å². The molecule has 1 N–H and O–H groups in total. The van der Waals surface area contributed by atoms with Crippen molar-refractivity contribution in [1.82, 2.24) is 14.9 Å². The Bertz CT molecular complexity index is 1050. The summed E-state index contributed by atoms with van der Waals surface area (Å²) >= 11 is 0.